The zero-order valence-corrected chi connectivity index (χ0v) is 12.2. The molecule has 0 unspecified atom stereocenters. The van der Waals surface area contributed by atoms with Crippen molar-refractivity contribution in [2.24, 2.45) is 0 Å². The van der Waals surface area contributed by atoms with E-state index < -0.39 is 0 Å². The van der Waals surface area contributed by atoms with E-state index in [2.05, 4.69) is 21.2 Å². The van der Waals surface area contributed by atoms with Gasteiger partial charge in [-0.05, 0) is 37.8 Å². The van der Waals surface area contributed by atoms with Gasteiger partial charge in [-0.2, -0.15) is 0 Å². The molecule has 1 aliphatic carbocycles. The molecule has 1 aromatic carbocycles. The van der Waals surface area contributed by atoms with Gasteiger partial charge in [0, 0.05) is 27.3 Å². The molecule has 5 heteroatoms. The normalized spacial score (nSPS) is 24.6. The van der Waals surface area contributed by atoms with Crippen molar-refractivity contribution in [3.63, 3.8) is 0 Å². The van der Waals surface area contributed by atoms with Crippen molar-refractivity contribution >= 4 is 30.4 Å². The Kier molecular flexibility index (Phi) is 5.37. The molecule has 0 aliphatic heterocycles. The molecule has 1 aliphatic rings. The first-order valence-electron chi connectivity index (χ1n) is 5.64. The van der Waals surface area contributed by atoms with Gasteiger partial charge in [0.05, 0.1) is 21.4 Å². The SMILES string of the molecule is Fc1cccc(OC2CCC(OSI)CC2)c1. The first-order chi connectivity index (χ1) is 8.28. The number of benzene rings is 1. The van der Waals surface area contributed by atoms with Gasteiger partial charge in [0.2, 0.25) is 0 Å². The number of rotatable bonds is 4. The number of ether oxygens (including phenoxy) is 1. The Labute approximate surface area is 117 Å². The number of halogens is 2. The van der Waals surface area contributed by atoms with Gasteiger partial charge in [-0.15, -0.1) is 0 Å². The Morgan fingerprint density at radius 3 is 2.53 bits per heavy atom. The van der Waals surface area contributed by atoms with Crippen molar-refractivity contribution in [2.75, 3.05) is 0 Å². The molecule has 0 heterocycles. The summed E-state index contributed by atoms with van der Waals surface area (Å²) in [4.78, 5) is 0. The Balaban J connectivity index is 1.82. The average molecular weight is 368 g/mol. The average Bonchev–Trinajstić information content (AvgIpc) is 2.32. The van der Waals surface area contributed by atoms with E-state index in [0.29, 0.717) is 11.9 Å². The summed E-state index contributed by atoms with van der Waals surface area (Å²) >= 11 is 2.14. The third kappa shape index (κ3) is 4.30. The van der Waals surface area contributed by atoms with Crippen molar-refractivity contribution in [3.8, 4) is 5.75 Å². The molecular formula is C12H14FIO2S. The standard InChI is InChI=1S/C12H14FIO2S/c13-9-2-1-3-12(8-9)15-10-4-6-11(7-5-10)16-17-14/h1-3,8,10-11H,4-7H2. The van der Waals surface area contributed by atoms with E-state index in [1.165, 1.54) is 21.3 Å². The van der Waals surface area contributed by atoms with Gasteiger partial charge in [0.15, 0.2) is 0 Å². The Morgan fingerprint density at radius 1 is 1.18 bits per heavy atom. The maximum atomic E-state index is 13.0. The Morgan fingerprint density at radius 2 is 1.88 bits per heavy atom. The molecule has 1 saturated carbocycles. The zero-order chi connectivity index (χ0) is 12.1. The van der Waals surface area contributed by atoms with Crippen molar-refractivity contribution in [1.82, 2.24) is 0 Å². The van der Waals surface area contributed by atoms with Crippen LogP contribution in [0.2, 0.25) is 0 Å². The van der Waals surface area contributed by atoms with Crippen LogP contribution in [0.15, 0.2) is 24.3 Å². The predicted molar refractivity (Wildman–Crippen MR) is 75.8 cm³/mol. The lowest BCUT2D eigenvalue weighted by atomic mass is 9.95. The molecule has 0 spiro atoms. The summed E-state index contributed by atoms with van der Waals surface area (Å²) in [5, 5.41) is 0. The van der Waals surface area contributed by atoms with Gasteiger partial charge in [-0.1, -0.05) is 6.07 Å². The lowest BCUT2D eigenvalue weighted by molar-refractivity contribution is 0.0933. The fourth-order valence-electron chi connectivity index (χ4n) is 2.03. The molecular weight excluding hydrogens is 354 g/mol. The minimum Gasteiger partial charge on any atom is -0.490 e. The van der Waals surface area contributed by atoms with Crippen LogP contribution in [0.3, 0.4) is 0 Å². The van der Waals surface area contributed by atoms with Crippen LogP contribution in [0.1, 0.15) is 25.7 Å². The van der Waals surface area contributed by atoms with E-state index in [1.807, 2.05) is 0 Å². The lowest BCUT2D eigenvalue weighted by Gasteiger charge is -2.27. The fourth-order valence-corrected chi connectivity index (χ4v) is 3.21. The highest BCUT2D eigenvalue weighted by Gasteiger charge is 2.23. The highest BCUT2D eigenvalue weighted by molar-refractivity contribution is 14.2. The second-order valence-electron chi connectivity index (χ2n) is 4.13. The predicted octanol–water partition coefficient (Wildman–Crippen LogP) is 4.53. The molecule has 17 heavy (non-hydrogen) atoms. The minimum atomic E-state index is -0.249. The summed E-state index contributed by atoms with van der Waals surface area (Å²) < 4.78 is 24.2. The van der Waals surface area contributed by atoms with Gasteiger partial charge in [0.25, 0.3) is 0 Å². The van der Waals surface area contributed by atoms with E-state index in [9.17, 15) is 4.39 Å². The van der Waals surface area contributed by atoms with Crippen LogP contribution >= 0.6 is 30.4 Å². The zero-order valence-electron chi connectivity index (χ0n) is 9.27. The molecule has 0 radical (unpaired) electrons. The van der Waals surface area contributed by atoms with Gasteiger partial charge in [0.1, 0.15) is 11.6 Å². The molecule has 2 nitrogen and oxygen atoms in total. The molecule has 94 valence electrons. The van der Waals surface area contributed by atoms with E-state index >= 15 is 0 Å². The van der Waals surface area contributed by atoms with Crippen LogP contribution in [-0.4, -0.2) is 12.2 Å². The summed E-state index contributed by atoms with van der Waals surface area (Å²) in [6.45, 7) is 0. The molecule has 0 aromatic heterocycles. The molecule has 2 rings (SSSR count). The number of hydrogen-bond donors (Lipinski definition) is 0. The van der Waals surface area contributed by atoms with Crippen molar-refractivity contribution in [1.29, 1.82) is 0 Å². The highest BCUT2D eigenvalue weighted by Crippen LogP contribution is 2.29. The maximum absolute atomic E-state index is 13.0. The molecule has 0 bridgehead atoms. The van der Waals surface area contributed by atoms with Crippen molar-refractivity contribution < 1.29 is 13.3 Å². The fraction of sp³-hybridized carbons (Fsp3) is 0.500. The highest BCUT2D eigenvalue weighted by atomic mass is 127. The summed E-state index contributed by atoms with van der Waals surface area (Å²) in [6.07, 6.45) is 4.49. The van der Waals surface area contributed by atoms with Crippen LogP contribution in [0.4, 0.5) is 4.39 Å². The van der Waals surface area contributed by atoms with Gasteiger partial charge in [-0.3, -0.25) is 0 Å². The van der Waals surface area contributed by atoms with Crippen LogP contribution in [0.5, 0.6) is 5.75 Å². The molecule has 0 saturated heterocycles. The van der Waals surface area contributed by atoms with Crippen LogP contribution in [0, 0.1) is 5.82 Å². The third-order valence-electron chi connectivity index (χ3n) is 2.89. The van der Waals surface area contributed by atoms with Crippen LogP contribution in [-0.2, 0) is 4.18 Å². The van der Waals surface area contributed by atoms with Gasteiger partial charge < -0.3 is 8.92 Å². The Hall–Kier alpha value is -0.0100. The second kappa shape index (κ2) is 6.80. The molecule has 1 aromatic rings. The Bertz CT molecular complexity index is 356. The molecule has 0 amide bonds. The van der Waals surface area contributed by atoms with E-state index in [0.717, 1.165) is 25.7 Å². The molecule has 0 N–H and O–H groups in total. The summed E-state index contributed by atoms with van der Waals surface area (Å²) in [5.74, 6) is 0.374. The quantitative estimate of drug-likeness (QED) is 0.575. The smallest absolute Gasteiger partial charge is 0.126 e. The lowest BCUT2D eigenvalue weighted by Crippen LogP contribution is -2.27. The van der Waals surface area contributed by atoms with Gasteiger partial charge >= 0.3 is 0 Å². The third-order valence-corrected chi connectivity index (χ3v) is 3.86. The van der Waals surface area contributed by atoms with Crippen molar-refractivity contribution in [3.05, 3.63) is 30.1 Å². The summed E-state index contributed by atoms with van der Waals surface area (Å²) in [7, 11) is 1.39. The monoisotopic (exact) mass is 368 g/mol. The van der Waals surface area contributed by atoms with Crippen LogP contribution in [0.25, 0.3) is 0 Å². The first-order valence-corrected chi connectivity index (χ1v) is 8.92. The second-order valence-corrected chi connectivity index (χ2v) is 5.53. The van der Waals surface area contributed by atoms with E-state index in [4.69, 9.17) is 8.92 Å². The molecule has 0 atom stereocenters. The minimum absolute atomic E-state index is 0.191. The summed E-state index contributed by atoms with van der Waals surface area (Å²) in [6, 6.07) is 6.33. The summed E-state index contributed by atoms with van der Waals surface area (Å²) in [5.41, 5.74) is 0. The topological polar surface area (TPSA) is 18.5 Å². The molecule has 1 fully saturated rings. The maximum Gasteiger partial charge on any atom is 0.126 e. The van der Waals surface area contributed by atoms with E-state index in [1.54, 1.807) is 12.1 Å². The van der Waals surface area contributed by atoms with Crippen molar-refractivity contribution in [2.45, 2.75) is 37.9 Å². The largest absolute Gasteiger partial charge is 0.490 e. The van der Waals surface area contributed by atoms with Crippen LogP contribution < -0.4 is 4.74 Å². The number of hydrogen-bond acceptors (Lipinski definition) is 3. The van der Waals surface area contributed by atoms with E-state index in [-0.39, 0.29) is 11.9 Å². The van der Waals surface area contributed by atoms with Gasteiger partial charge in [-0.25, -0.2) is 4.39 Å². The first kappa shape index (κ1) is 13.4.